The number of carbonyl (C=O) groups is 1. The van der Waals surface area contributed by atoms with E-state index >= 15 is 0 Å². The average Bonchev–Trinajstić information content (AvgIpc) is 3.49. The highest BCUT2D eigenvalue weighted by atomic mass is 16.7. The van der Waals surface area contributed by atoms with E-state index in [2.05, 4.69) is 12.1 Å². The van der Waals surface area contributed by atoms with Gasteiger partial charge in [-0.2, -0.15) is 4.98 Å². The fourth-order valence-electron chi connectivity index (χ4n) is 5.23. The van der Waals surface area contributed by atoms with Crippen LogP contribution in [-0.2, 0) is 4.79 Å². The van der Waals surface area contributed by atoms with Gasteiger partial charge in [-0.05, 0) is 55.7 Å². The van der Waals surface area contributed by atoms with E-state index in [0.717, 1.165) is 43.5 Å². The van der Waals surface area contributed by atoms with Crippen molar-refractivity contribution in [1.82, 2.24) is 15.0 Å². The molecule has 2 bridgehead atoms. The van der Waals surface area contributed by atoms with Crippen molar-refractivity contribution in [2.45, 2.75) is 38.5 Å². The third-order valence-corrected chi connectivity index (χ3v) is 6.49. The molecular formula is C21H25N3O4. The van der Waals surface area contributed by atoms with Gasteiger partial charge in [-0.25, -0.2) is 0 Å². The minimum Gasteiger partial charge on any atom is -0.454 e. The minimum atomic E-state index is -0.0413. The lowest BCUT2D eigenvalue weighted by Crippen LogP contribution is -2.39. The Kier molecular flexibility index (Phi) is 4.25. The molecule has 2 fully saturated rings. The van der Waals surface area contributed by atoms with Crippen molar-refractivity contribution < 1.29 is 18.8 Å². The zero-order chi connectivity index (χ0) is 19.3. The molecule has 5 rings (SSSR count). The number of ether oxygens (including phenoxy) is 2. The maximum atomic E-state index is 13.1. The predicted octanol–water partition coefficient (Wildman–Crippen LogP) is 3.46. The van der Waals surface area contributed by atoms with Crippen LogP contribution in [0.15, 0.2) is 22.7 Å². The average molecular weight is 383 g/mol. The van der Waals surface area contributed by atoms with Gasteiger partial charge in [0.15, 0.2) is 11.5 Å². The second-order valence-electron chi connectivity index (χ2n) is 8.17. The number of aromatic nitrogens is 2. The van der Waals surface area contributed by atoms with E-state index in [-0.39, 0.29) is 24.5 Å². The van der Waals surface area contributed by atoms with E-state index in [9.17, 15) is 4.79 Å². The Balaban J connectivity index is 1.43. The zero-order valence-corrected chi connectivity index (χ0v) is 16.3. The summed E-state index contributed by atoms with van der Waals surface area (Å²) in [6.45, 7) is 3.11. The lowest BCUT2D eigenvalue weighted by molar-refractivity contribution is -0.136. The number of benzene rings is 1. The quantitative estimate of drug-likeness (QED) is 0.787. The molecule has 0 N–H and O–H groups in total. The lowest BCUT2D eigenvalue weighted by Gasteiger charge is -2.31. The summed E-state index contributed by atoms with van der Waals surface area (Å²) in [4.78, 5) is 19.7. The number of nitrogens with zero attached hydrogens (tertiary/aromatic N) is 3. The van der Waals surface area contributed by atoms with Crippen LogP contribution in [0.25, 0.3) is 11.4 Å². The lowest BCUT2D eigenvalue weighted by atomic mass is 9.78. The summed E-state index contributed by atoms with van der Waals surface area (Å²) < 4.78 is 16.5. The molecule has 0 unspecified atom stereocenters. The third kappa shape index (κ3) is 2.75. The molecule has 2 aliphatic carbocycles. The SMILES string of the molecule is CCCN(C)C(=O)[C@H]1[C@H]2CC[C@H](C2)[C@@H]1c1nc(-c2ccc3c(c2)OCO3)no1. The van der Waals surface area contributed by atoms with Crippen LogP contribution in [-0.4, -0.2) is 41.3 Å². The van der Waals surface area contributed by atoms with Crippen LogP contribution >= 0.6 is 0 Å². The maximum Gasteiger partial charge on any atom is 0.231 e. The Morgan fingerprint density at radius 1 is 1.21 bits per heavy atom. The van der Waals surface area contributed by atoms with Crippen LogP contribution in [0.2, 0.25) is 0 Å². The molecule has 1 aliphatic heterocycles. The van der Waals surface area contributed by atoms with Crippen LogP contribution in [0.1, 0.15) is 44.4 Å². The van der Waals surface area contributed by atoms with E-state index in [1.54, 1.807) is 0 Å². The summed E-state index contributed by atoms with van der Waals surface area (Å²) in [5.74, 6) is 3.65. The van der Waals surface area contributed by atoms with E-state index < -0.39 is 0 Å². The number of carbonyl (C=O) groups excluding carboxylic acids is 1. The molecule has 2 heterocycles. The van der Waals surface area contributed by atoms with E-state index in [0.29, 0.717) is 29.3 Å². The molecule has 0 radical (unpaired) electrons. The Hall–Kier alpha value is -2.57. The Morgan fingerprint density at radius 3 is 2.89 bits per heavy atom. The summed E-state index contributed by atoms with van der Waals surface area (Å²) in [5.41, 5.74) is 0.827. The predicted molar refractivity (Wildman–Crippen MR) is 101 cm³/mol. The van der Waals surface area contributed by atoms with Crippen LogP contribution in [0, 0.1) is 17.8 Å². The molecule has 2 saturated carbocycles. The van der Waals surface area contributed by atoms with Crippen LogP contribution in [0.3, 0.4) is 0 Å². The van der Waals surface area contributed by atoms with Crippen molar-refractivity contribution in [2.75, 3.05) is 20.4 Å². The molecule has 1 amide bonds. The molecule has 3 aliphatic rings. The number of fused-ring (bicyclic) bond motifs is 3. The molecule has 2 aromatic rings. The van der Waals surface area contributed by atoms with Crippen molar-refractivity contribution in [1.29, 1.82) is 0 Å². The van der Waals surface area contributed by atoms with Gasteiger partial charge < -0.3 is 18.9 Å². The fourth-order valence-corrected chi connectivity index (χ4v) is 5.23. The van der Waals surface area contributed by atoms with Gasteiger partial charge in [0.2, 0.25) is 24.4 Å². The molecule has 28 heavy (non-hydrogen) atoms. The van der Waals surface area contributed by atoms with E-state index in [1.165, 1.54) is 0 Å². The number of hydrogen-bond acceptors (Lipinski definition) is 6. The van der Waals surface area contributed by atoms with E-state index in [4.69, 9.17) is 19.0 Å². The molecule has 7 heteroatoms. The summed E-state index contributed by atoms with van der Waals surface area (Å²) in [7, 11) is 1.90. The van der Waals surface area contributed by atoms with Crippen molar-refractivity contribution in [2.24, 2.45) is 17.8 Å². The summed E-state index contributed by atoms with van der Waals surface area (Å²) in [6.07, 6.45) is 4.31. The molecule has 0 saturated heterocycles. The summed E-state index contributed by atoms with van der Waals surface area (Å²) >= 11 is 0. The first-order chi connectivity index (χ1) is 13.7. The fraction of sp³-hybridized carbons (Fsp3) is 0.571. The molecule has 1 aromatic carbocycles. The Morgan fingerprint density at radius 2 is 2.04 bits per heavy atom. The molecular weight excluding hydrogens is 358 g/mol. The molecule has 148 valence electrons. The van der Waals surface area contributed by atoms with Crippen molar-refractivity contribution in [3.8, 4) is 22.9 Å². The molecule has 1 aromatic heterocycles. The highest BCUT2D eigenvalue weighted by molar-refractivity contribution is 5.80. The van der Waals surface area contributed by atoms with Gasteiger partial charge in [-0.15, -0.1) is 0 Å². The number of hydrogen-bond donors (Lipinski definition) is 0. The monoisotopic (exact) mass is 383 g/mol. The highest BCUT2D eigenvalue weighted by Gasteiger charge is 2.54. The van der Waals surface area contributed by atoms with Gasteiger partial charge in [0.05, 0.1) is 11.8 Å². The highest BCUT2D eigenvalue weighted by Crippen LogP contribution is 2.57. The summed E-state index contributed by atoms with van der Waals surface area (Å²) in [6, 6.07) is 5.63. The van der Waals surface area contributed by atoms with Gasteiger partial charge in [0, 0.05) is 19.2 Å². The van der Waals surface area contributed by atoms with Crippen molar-refractivity contribution >= 4 is 5.91 Å². The standard InChI is InChI=1S/C21H25N3O4/c1-3-8-24(2)21(25)18-13-5-4-12(9-13)17(18)20-22-19(23-28-20)14-6-7-15-16(10-14)27-11-26-15/h6-7,10,12-13,17-18H,3-5,8-9,11H2,1-2H3/t12-,13+,17+,18+/m1/s1. The Labute approximate surface area is 164 Å². The normalized spacial score (nSPS) is 27.4. The smallest absolute Gasteiger partial charge is 0.231 e. The van der Waals surface area contributed by atoms with Gasteiger partial charge >= 0.3 is 0 Å². The minimum absolute atomic E-state index is 0.0285. The van der Waals surface area contributed by atoms with Crippen LogP contribution < -0.4 is 9.47 Å². The first-order valence-electron chi connectivity index (χ1n) is 10.1. The first kappa shape index (κ1) is 17.5. The number of amides is 1. The van der Waals surface area contributed by atoms with Gasteiger partial charge in [0.25, 0.3) is 0 Å². The van der Waals surface area contributed by atoms with Gasteiger partial charge in [-0.1, -0.05) is 12.1 Å². The number of rotatable bonds is 5. The Bertz CT molecular complexity index is 896. The van der Waals surface area contributed by atoms with Gasteiger partial charge in [0.1, 0.15) is 0 Å². The molecule has 4 atom stereocenters. The van der Waals surface area contributed by atoms with Gasteiger partial charge in [-0.3, -0.25) is 4.79 Å². The first-order valence-corrected chi connectivity index (χ1v) is 10.1. The molecule has 0 spiro atoms. The van der Waals surface area contributed by atoms with Crippen LogP contribution in [0.4, 0.5) is 0 Å². The zero-order valence-electron chi connectivity index (χ0n) is 16.3. The van der Waals surface area contributed by atoms with Crippen molar-refractivity contribution in [3.05, 3.63) is 24.1 Å². The summed E-state index contributed by atoms with van der Waals surface area (Å²) in [5, 5.41) is 4.21. The third-order valence-electron chi connectivity index (χ3n) is 6.49. The van der Waals surface area contributed by atoms with Crippen molar-refractivity contribution in [3.63, 3.8) is 0 Å². The second-order valence-corrected chi connectivity index (χ2v) is 8.17. The molecule has 7 nitrogen and oxygen atoms in total. The maximum absolute atomic E-state index is 13.1. The van der Waals surface area contributed by atoms with E-state index in [1.807, 2.05) is 30.1 Å². The second kappa shape index (κ2) is 6.79. The topological polar surface area (TPSA) is 77.7 Å². The largest absolute Gasteiger partial charge is 0.454 e. The van der Waals surface area contributed by atoms with Crippen LogP contribution in [0.5, 0.6) is 11.5 Å².